The molecule has 4 nitrogen and oxygen atoms in total. The van der Waals surface area contributed by atoms with Crippen LogP contribution in [0.15, 0.2) is 72.8 Å². The van der Waals surface area contributed by atoms with Crippen molar-refractivity contribution in [2.24, 2.45) is 0 Å². The zero-order valence-electron chi connectivity index (χ0n) is 18.1. The number of benzene rings is 3. The SMILES string of the molecule is Cc1ccc(-c2cc(C(=O)NC(C)c3ccccc3)n(-c3ccc(Cl)c(Cl)c3)n2)cc1C. The van der Waals surface area contributed by atoms with Crippen LogP contribution in [0.4, 0.5) is 0 Å². The van der Waals surface area contributed by atoms with Crippen molar-refractivity contribution < 1.29 is 4.79 Å². The Balaban J connectivity index is 1.76. The van der Waals surface area contributed by atoms with E-state index in [2.05, 4.69) is 31.3 Å². The lowest BCUT2D eigenvalue weighted by Crippen LogP contribution is -2.28. The highest BCUT2D eigenvalue weighted by Crippen LogP contribution is 2.28. The van der Waals surface area contributed by atoms with Crippen LogP contribution in [-0.2, 0) is 0 Å². The van der Waals surface area contributed by atoms with Gasteiger partial charge in [0.05, 0.1) is 27.5 Å². The van der Waals surface area contributed by atoms with E-state index in [0.29, 0.717) is 27.1 Å². The summed E-state index contributed by atoms with van der Waals surface area (Å²) in [6.07, 6.45) is 0. The van der Waals surface area contributed by atoms with Gasteiger partial charge < -0.3 is 5.32 Å². The van der Waals surface area contributed by atoms with Crippen molar-refractivity contribution in [3.8, 4) is 16.9 Å². The summed E-state index contributed by atoms with van der Waals surface area (Å²) in [5, 5.41) is 8.67. The number of rotatable bonds is 5. The fourth-order valence-corrected chi connectivity index (χ4v) is 3.79. The van der Waals surface area contributed by atoms with Gasteiger partial charge in [0.1, 0.15) is 5.69 Å². The molecule has 1 amide bonds. The van der Waals surface area contributed by atoms with Crippen molar-refractivity contribution in [1.82, 2.24) is 15.1 Å². The minimum Gasteiger partial charge on any atom is -0.344 e. The number of carbonyl (C=O) groups is 1. The predicted octanol–water partition coefficient (Wildman–Crippen LogP) is 6.95. The van der Waals surface area contributed by atoms with Crippen molar-refractivity contribution in [1.29, 1.82) is 0 Å². The third kappa shape index (κ3) is 4.57. The molecule has 1 heterocycles. The van der Waals surface area contributed by atoms with E-state index in [4.69, 9.17) is 28.3 Å². The summed E-state index contributed by atoms with van der Waals surface area (Å²) in [6.45, 7) is 6.08. The first-order chi connectivity index (χ1) is 15.3. The molecule has 0 bridgehead atoms. The van der Waals surface area contributed by atoms with Gasteiger partial charge in [0.25, 0.3) is 5.91 Å². The number of hydrogen-bond acceptors (Lipinski definition) is 2. The van der Waals surface area contributed by atoms with Crippen LogP contribution >= 0.6 is 23.2 Å². The highest BCUT2D eigenvalue weighted by atomic mass is 35.5. The molecule has 32 heavy (non-hydrogen) atoms. The van der Waals surface area contributed by atoms with Crippen molar-refractivity contribution in [3.63, 3.8) is 0 Å². The number of aryl methyl sites for hydroxylation is 2. The summed E-state index contributed by atoms with van der Waals surface area (Å²) in [6, 6.07) is 22.8. The number of nitrogens with zero attached hydrogens (tertiary/aromatic N) is 2. The third-order valence-electron chi connectivity index (χ3n) is 5.54. The number of hydrogen-bond donors (Lipinski definition) is 1. The first kappa shape index (κ1) is 22.1. The third-order valence-corrected chi connectivity index (χ3v) is 6.28. The number of carbonyl (C=O) groups excluding carboxylic acids is 1. The minimum atomic E-state index is -0.227. The Bertz CT molecular complexity index is 1280. The van der Waals surface area contributed by atoms with Crippen LogP contribution in [0.1, 0.15) is 40.1 Å². The second-order valence-corrected chi connectivity index (χ2v) is 8.64. The van der Waals surface area contributed by atoms with Crippen LogP contribution in [-0.4, -0.2) is 15.7 Å². The van der Waals surface area contributed by atoms with E-state index in [9.17, 15) is 4.79 Å². The summed E-state index contributed by atoms with van der Waals surface area (Å²) in [5.41, 5.74) is 6.11. The Labute approximate surface area is 197 Å². The molecule has 0 aliphatic carbocycles. The van der Waals surface area contributed by atoms with Gasteiger partial charge in [-0.15, -0.1) is 0 Å². The highest BCUT2D eigenvalue weighted by molar-refractivity contribution is 6.42. The molecule has 0 saturated heterocycles. The Morgan fingerprint density at radius 2 is 1.66 bits per heavy atom. The van der Waals surface area contributed by atoms with Crippen LogP contribution in [0, 0.1) is 13.8 Å². The second-order valence-electron chi connectivity index (χ2n) is 7.83. The zero-order chi connectivity index (χ0) is 22.8. The number of aromatic nitrogens is 2. The molecule has 0 fully saturated rings. The summed E-state index contributed by atoms with van der Waals surface area (Å²) in [7, 11) is 0. The minimum absolute atomic E-state index is 0.161. The van der Waals surface area contributed by atoms with Gasteiger partial charge in [0.2, 0.25) is 0 Å². The average molecular weight is 464 g/mol. The van der Waals surface area contributed by atoms with E-state index in [1.165, 1.54) is 5.56 Å². The molecule has 1 unspecified atom stereocenters. The molecule has 1 N–H and O–H groups in total. The topological polar surface area (TPSA) is 46.9 Å². The van der Waals surface area contributed by atoms with Crippen LogP contribution in [0.25, 0.3) is 16.9 Å². The van der Waals surface area contributed by atoms with Crippen molar-refractivity contribution in [3.05, 3.63) is 105 Å². The second kappa shape index (κ2) is 9.19. The van der Waals surface area contributed by atoms with Gasteiger partial charge in [0, 0.05) is 5.56 Å². The number of nitrogens with one attached hydrogen (secondary N) is 1. The first-order valence-corrected chi connectivity index (χ1v) is 11.1. The van der Waals surface area contributed by atoms with E-state index in [0.717, 1.165) is 16.7 Å². The van der Waals surface area contributed by atoms with E-state index in [1.54, 1.807) is 28.9 Å². The summed E-state index contributed by atoms with van der Waals surface area (Å²) in [5.74, 6) is -0.227. The molecular formula is C26H23Cl2N3O. The van der Waals surface area contributed by atoms with E-state index < -0.39 is 0 Å². The molecule has 0 radical (unpaired) electrons. The fourth-order valence-electron chi connectivity index (χ4n) is 3.49. The Kier molecular flexibility index (Phi) is 6.35. The quantitative estimate of drug-likeness (QED) is 0.347. The number of amides is 1. The molecular weight excluding hydrogens is 441 g/mol. The molecule has 1 atom stereocenters. The molecule has 1 aromatic heterocycles. The Hall–Kier alpha value is -3.08. The maximum Gasteiger partial charge on any atom is 0.270 e. The Morgan fingerprint density at radius 3 is 2.34 bits per heavy atom. The average Bonchev–Trinajstić information content (AvgIpc) is 3.24. The lowest BCUT2D eigenvalue weighted by atomic mass is 10.0. The maximum absolute atomic E-state index is 13.3. The smallest absolute Gasteiger partial charge is 0.270 e. The van der Waals surface area contributed by atoms with Crippen LogP contribution < -0.4 is 5.32 Å². The van der Waals surface area contributed by atoms with Gasteiger partial charge in [-0.2, -0.15) is 5.10 Å². The van der Waals surface area contributed by atoms with Crippen LogP contribution in [0.5, 0.6) is 0 Å². The van der Waals surface area contributed by atoms with E-state index in [1.807, 2.05) is 43.3 Å². The largest absolute Gasteiger partial charge is 0.344 e. The van der Waals surface area contributed by atoms with Gasteiger partial charge in [-0.1, -0.05) is 65.7 Å². The summed E-state index contributed by atoms with van der Waals surface area (Å²) in [4.78, 5) is 13.3. The van der Waals surface area contributed by atoms with Crippen LogP contribution in [0.2, 0.25) is 10.0 Å². The molecule has 162 valence electrons. The van der Waals surface area contributed by atoms with Crippen molar-refractivity contribution in [2.45, 2.75) is 26.8 Å². The molecule has 6 heteroatoms. The maximum atomic E-state index is 13.3. The fraction of sp³-hybridized carbons (Fsp3) is 0.154. The van der Waals surface area contributed by atoms with E-state index in [-0.39, 0.29) is 11.9 Å². The molecule has 0 aliphatic heterocycles. The Morgan fingerprint density at radius 1 is 0.906 bits per heavy atom. The highest BCUT2D eigenvalue weighted by Gasteiger charge is 2.20. The lowest BCUT2D eigenvalue weighted by molar-refractivity contribution is 0.0932. The molecule has 4 aromatic rings. The molecule has 0 aliphatic rings. The molecule has 4 rings (SSSR count). The normalized spacial score (nSPS) is 11.9. The van der Waals surface area contributed by atoms with Gasteiger partial charge in [-0.3, -0.25) is 4.79 Å². The summed E-state index contributed by atoms with van der Waals surface area (Å²) >= 11 is 12.3. The molecule has 0 saturated carbocycles. The monoisotopic (exact) mass is 463 g/mol. The van der Waals surface area contributed by atoms with Gasteiger partial charge >= 0.3 is 0 Å². The molecule has 0 spiro atoms. The van der Waals surface area contributed by atoms with Gasteiger partial charge in [-0.25, -0.2) is 4.68 Å². The lowest BCUT2D eigenvalue weighted by Gasteiger charge is -2.15. The number of halogens is 2. The molecule has 3 aromatic carbocycles. The van der Waals surface area contributed by atoms with Gasteiger partial charge in [-0.05, 0) is 67.8 Å². The standard InChI is InChI=1S/C26H23Cl2N3O/c1-16-9-10-20(13-17(16)2)24-15-25(26(32)29-18(3)19-7-5-4-6-8-19)31(30-24)21-11-12-22(27)23(28)14-21/h4-15,18H,1-3H3,(H,29,32). The zero-order valence-corrected chi connectivity index (χ0v) is 19.6. The van der Waals surface area contributed by atoms with Gasteiger partial charge in [0.15, 0.2) is 0 Å². The first-order valence-electron chi connectivity index (χ1n) is 10.3. The predicted molar refractivity (Wildman–Crippen MR) is 131 cm³/mol. The van der Waals surface area contributed by atoms with E-state index >= 15 is 0 Å². The van der Waals surface area contributed by atoms with Crippen molar-refractivity contribution >= 4 is 29.1 Å². The summed E-state index contributed by atoms with van der Waals surface area (Å²) < 4.78 is 1.61. The van der Waals surface area contributed by atoms with Crippen molar-refractivity contribution in [2.75, 3.05) is 0 Å². The van der Waals surface area contributed by atoms with Crippen LogP contribution in [0.3, 0.4) is 0 Å².